The number of hydrogen-bond acceptors (Lipinski definition) is 3. The molecule has 0 aliphatic carbocycles. The van der Waals surface area contributed by atoms with Crippen molar-refractivity contribution in [3.63, 3.8) is 0 Å². The minimum Gasteiger partial charge on any atom is -0.435 e. The van der Waals surface area contributed by atoms with Crippen LogP contribution < -0.4 is 15.4 Å². The number of alkyl halides is 2. The summed E-state index contributed by atoms with van der Waals surface area (Å²) in [6.45, 7) is -2.95. The summed E-state index contributed by atoms with van der Waals surface area (Å²) in [5, 5.41) is 6.22. The summed E-state index contributed by atoms with van der Waals surface area (Å²) in [4.78, 5) is 11.9. The van der Waals surface area contributed by atoms with Crippen LogP contribution in [-0.2, 0) is 4.79 Å². The van der Waals surface area contributed by atoms with Gasteiger partial charge in [-0.15, -0.1) is 0 Å². The van der Waals surface area contributed by atoms with Crippen molar-refractivity contribution >= 4 is 52.1 Å². The van der Waals surface area contributed by atoms with Gasteiger partial charge in [-0.1, -0.05) is 34.8 Å². The van der Waals surface area contributed by atoms with Gasteiger partial charge in [-0.2, -0.15) is 8.78 Å². The number of nitrogens with one attached hydrogen (secondary N) is 2. The highest BCUT2D eigenvalue weighted by molar-refractivity contribution is 6.44. The average molecular weight is 396 g/mol. The molecule has 0 unspecified atom stereocenters. The molecule has 4 nitrogen and oxygen atoms in total. The van der Waals surface area contributed by atoms with Gasteiger partial charge in [-0.05, 0) is 36.4 Å². The highest BCUT2D eigenvalue weighted by Crippen LogP contribution is 2.32. The van der Waals surface area contributed by atoms with Gasteiger partial charge in [0.2, 0.25) is 5.91 Å². The van der Waals surface area contributed by atoms with Crippen molar-refractivity contribution in [2.75, 3.05) is 17.2 Å². The molecule has 0 saturated heterocycles. The summed E-state index contributed by atoms with van der Waals surface area (Å²) >= 11 is 17.6. The molecule has 9 heteroatoms. The molecule has 2 N–H and O–H groups in total. The van der Waals surface area contributed by atoms with Crippen LogP contribution in [0.15, 0.2) is 36.4 Å². The second kappa shape index (κ2) is 8.37. The first kappa shape index (κ1) is 18.6. The fourth-order valence-electron chi connectivity index (χ4n) is 1.75. The van der Waals surface area contributed by atoms with Crippen LogP contribution in [0.25, 0.3) is 0 Å². The van der Waals surface area contributed by atoms with Crippen LogP contribution in [0.5, 0.6) is 5.75 Å². The van der Waals surface area contributed by atoms with E-state index >= 15 is 0 Å². The van der Waals surface area contributed by atoms with Gasteiger partial charge in [0.25, 0.3) is 0 Å². The Bertz CT molecular complexity index is 727. The Morgan fingerprint density at radius 1 is 1.04 bits per heavy atom. The number of benzene rings is 2. The van der Waals surface area contributed by atoms with Crippen molar-refractivity contribution in [1.82, 2.24) is 0 Å². The van der Waals surface area contributed by atoms with Crippen molar-refractivity contribution in [3.05, 3.63) is 51.5 Å². The zero-order chi connectivity index (χ0) is 17.7. The minimum absolute atomic E-state index is 0.0302. The SMILES string of the molecule is O=C(CNc1ccc(OC(F)F)cc1)Nc1cc(Cl)c(Cl)cc1Cl. The number of anilines is 2. The molecular formula is C15H11Cl3F2N2O2. The molecule has 2 aromatic carbocycles. The van der Waals surface area contributed by atoms with Crippen LogP contribution in [-0.4, -0.2) is 19.1 Å². The van der Waals surface area contributed by atoms with Gasteiger partial charge < -0.3 is 15.4 Å². The third-order valence-electron chi connectivity index (χ3n) is 2.82. The summed E-state index contributed by atoms with van der Waals surface area (Å²) in [7, 11) is 0. The molecule has 0 aliphatic rings. The van der Waals surface area contributed by atoms with Crippen LogP contribution in [0.3, 0.4) is 0 Å². The van der Waals surface area contributed by atoms with Gasteiger partial charge in [0, 0.05) is 5.69 Å². The summed E-state index contributed by atoms with van der Waals surface area (Å²) in [5.74, 6) is -0.342. The number of halogens is 5. The Kier molecular flexibility index (Phi) is 6.48. The van der Waals surface area contributed by atoms with Crippen LogP contribution in [0.1, 0.15) is 0 Å². The van der Waals surface area contributed by atoms with E-state index in [2.05, 4.69) is 15.4 Å². The van der Waals surface area contributed by atoms with E-state index in [0.29, 0.717) is 11.4 Å². The third-order valence-corrected chi connectivity index (χ3v) is 3.85. The molecule has 0 spiro atoms. The number of rotatable bonds is 6. The Labute approximate surface area is 151 Å². The number of carbonyl (C=O) groups is 1. The van der Waals surface area contributed by atoms with E-state index in [1.807, 2.05) is 0 Å². The molecule has 2 aromatic rings. The van der Waals surface area contributed by atoms with Gasteiger partial charge in [0.15, 0.2) is 0 Å². The van der Waals surface area contributed by atoms with E-state index < -0.39 is 6.61 Å². The Morgan fingerprint density at radius 2 is 1.67 bits per heavy atom. The Balaban J connectivity index is 1.90. The van der Waals surface area contributed by atoms with Crippen molar-refractivity contribution < 1.29 is 18.3 Å². The van der Waals surface area contributed by atoms with E-state index in [9.17, 15) is 13.6 Å². The quantitative estimate of drug-likeness (QED) is 0.653. The van der Waals surface area contributed by atoms with E-state index in [1.54, 1.807) is 0 Å². The van der Waals surface area contributed by atoms with Gasteiger partial charge >= 0.3 is 6.61 Å². The monoisotopic (exact) mass is 394 g/mol. The first-order valence-electron chi connectivity index (χ1n) is 6.58. The van der Waals surface area contributed by atoms with Crippen molar-refractivity contribution in [2.45, 2.75) is 6.61 Å². The fraction of sp³-hybridized carbons (Fsp3) is 0.133. The third kappa shape index (κ3) is 5.40. The highest BCUT2D eigenvalue weighted by Gasteiger charge is 2.09. The maximum Gasteiger partial charge on any atom is 0.387 e. The van der Waals surface area contributed by atoms with E-state index in [-0.39, 0.29) is 33.3 Å². The molecule has 0 bridgehead atoms. The summed E-state index contributed by atoms with van der Waals surface area (Å²) in [6, 6.07) is 8.62. The van der Waals surface area contributed by atoms with Crippen LogP contribution in [0, 0.1) is 0 Å². The smallest absolute Gasteiger partial charge is 0.387 e. The Hall–Kier alpha value is -1.76. The molecular weight excluding hydrogens is 385 g/mol. The molecule has 0 saturated carbocycles. The van der Waals surface area contributed by atoms with Gasteiger partial charge in [0.1, 0.15) is 5.75 Å². The largest absolute Gasteiger partial charge is 0.435 e. The molecule has 0 fully saturated rings. The molecule has 0 radical (unpaired) electrons. The number of ether oxygens (including phenoxy) is 1. The fourth-order valence-corrected chi connectivity index (χ4v) is 2.34. The van der Waals surface area contributed by atoms with E-state index in [0.717, 1.165) is 0 Å². The second-order valence-corrected chi connectivity index (χ2v) is 5.77. The zero-order valence-electron chi connectivity index (χ0n) is 12.0. The number of carbonyl (C=O) groups excluding carboxylic acids is 1. The first-order valence-corrected chi connectivity index (χ1v) is 7.71. The summed E-state index contributed by atoms with van der Waals surface area (Å²) in [6.07, 6.45) is 0. The molecule has 128 valence electrons. The molecule has 1 amide bonds. The molecule has 0 heterocycles. The standard InChI is InChI=1S/C15H11Cl3F2N2O2/c16-10-5-12(18)13(6-11(10)17)22-14(23)7-21-8-1-3-9(4-2-8)24-15(19)20/h1-6,15,21H,7H2,(H,22,23). The van der Waals surface area contributed by atoms with Crippen LogP contribution >= 0.6 is 34.8 Å². The second-order valence-electron chi connectivity index (χ2n) is 4.55. The highest BCUT2D eigenvalue weighted by atomic mass is 35.5. The normalized spacial score (nSPS) is 10.6. The lowest BCUT2D eigenvalue weighted by Gasteiger charge is -2.11. The van der Waals surface area contributed by atoms with E-state index in [4.69, 9.17) is 34.8 Å². The van der Waals surface area contributed by atoms with Gasteiger partial charge in [-0.25, -0.2) is 0 Å². The number of hydrogen-bond donors (Lipinski definition) is 2. The topological polar surface area (TPSA) is 50.4 Å². The molecule has 24 heavy (non-hydrogen) atoms. The summed E-state index contributed by atoms with van der Waals surface area (Å²) in [5.41, 5.74) is 0.894. The predicted octanol–water partition coefficient (Wildman–Crippen LogP) is 5.30. The molecule has 0 aromatic heterocycles. The maximum absolute atomic E-state index is 12.0. The van der Waals surface area contributed by atoms with Crippen LogP contribution in [0.4, 0.5) is 20.2 Å². The lowest BCUT2D eigenvalue weighted by atomic mass is 10.3. The summed E-state index contributed by atoms with van der Waals surface area (Å²) < 4.78 is 28.3. The first-order chi connectivity index (χ1) is 11.3. The zero-order valence-corrected chi connectivity index (χ0v) is 14.2. The lowest BCUT2D eigenvalue weighted by Crippen LogP contribution is -2.21. The maximum atomic E-state index is 12.0. The average Bonchev–Trinajstić information content (AvgIpc) is 2.51. The molecule has 0 aliphatic heterocycles. The van der Waals surface area contributed by atoms with E-state index in [1.165, 1.54) is 36.4 Å². The van der Waals surface area contributed by atoms with Crippen molar-refractivity contribution in [3.8, 4) is 5.75 Å². The predicted molar refractivity (Wildman–Crippen MR) is 91.7 cm³/mol. The minimum atomic E-state index is -2.88. The van der Waals surface area contributed by atoms with Crippen molar-refractivity contribution in [1.29, 1.82) is 0 Å². The van der Waals surface area contributed by atoms with Gasteiger partial charge in [-0.3, -0.25) is 4.79 Å². The van der Waals surface area contributed by atoms with Gasteiger partial charge in [0.05, 0.1) is 27.3 Å². The Morgan fingerprint density at radius 3 is 2.29 bits per heavy atom. The van der Waals surface area contributed by atoms with Crippen LogP contribution in [0.2, 0.25) is 15.1 Å². The number of amides is 1. The lowest BCUT2D eigenvalue weighted by molar-refractivity contribution is -0.114. The molecule has 2 rings (SSSR count). The van der Waals surface area contributed by atoms with Crippen molar-refractivity contribution in [2.24, 2.45) is 0 Å². The molecule has 0 atom stereocenters.